The lowest BCUT2D eigenvalue weighted by molar-refractivity contribution is -0.116. The van der Waals surface area contributed by atoms with Crippen LogP contribution in [0.15, 0.2) is 36.5 Å². The molecular formula is C21H31N5OS. The summed E-state index contributed by atoms with van der Waals surface area (Å²) in [6.07, 6.45) is 2.77. The zero-order valence-corrected chi connectivity index (χ0v) is 17.8. The molecule has 1 atom stereocenters. The van der Waals surface area contributed by atoms with Crippen LogP contribution in [-0.2, 0) is 11.2 Å². The molecule has 0 bridgehead atoms. The summed E-state index contributed by atoms with van der Waals surface area (Å²) in [5.41, 5.74) is 2.29. The molecule has 2 heterocycles. The molecule has 1 unspecified atom stereocenters. The van der Waals surface area contributed by atoms with Crippen LogP contribution in [-0.4, -0.2) is 57.8 Å². The summed E-state index contributed by atoms with van der Waals surface area (Å²) in [5.74, 6) is 3.15. The van der Waals surface area contributed by atoms with Crippen LogP contribution in [0.25, 0.3) is 0 Å². The van der Waals surface area contributed by atoms with Crippen LogP contribution in [0.1, 0.15) is 32.4 Å². The maximum Gasteiger partial charge on any atom is 0.247 e. The molecule has 152 valence electrons. The maximum absolute atomic E-state index is 12.5. The van der Waals surface area contributed by atoms with E-state index in [0.717, 1.165) is 24.5 Å². The highest BCUT2D eigenvalue weighted by Gasteiger charge is 2.16. The third kappa shape index (κ3) is 5.75. The molecule has 3 rings (SSSR count). The fraction of sp³-hybridized carbons (Fsp3) is 0.524. The number of benzene rings is 1. The normalized spacial score (nSPS) is 16.1. The number of nitrogens with one attached hydrogen (secondary N) is 2. The Balaban J connectivity index is 1.48. The number of nitrogens with zero attached hydrogens (tertiary/aromatic N) is 3. The minimum atomic E-state index is -0.341. The summed E-state index contributed by atoms with van der Waals surface area (Å²) in [6, 6.07) is 10.1. The number of thioether (sulfide) groups is 1. The Hall–Kier alpha value is -1.99. The van der Waals surface area contributed by atoms with Crippen LogP contribution in [0.4, 0.5) is 11.5 Å². The van der Waals surface area contributed by atoms with Crippen molar-refractivity contribution in [2.24, 2.45) is 0 Å². The van der Waals surface area contributed by atoms with Gasteiger partial charge in [0.1, 0.15) is 11.9 Å². The van der Waals surface area contributed by atoms with Gasteiger partial charge in [0.2, 0.25) is 5.91 Å². The summed E-state index contributed by atoms with van der Waals surface area (Å²) < 4.78 is 1.81. The monoisotopic (exact) mass is 401 g/mol. The van der Waals surface area contributed by atoms with Gasteiger partial charge in [0, 0.05) is 48.9 Å². The van der Waals surface area contributed by atoms with Crippen molar-refractivity contribution in [3.63, 3.8) is 0 Å². The van der Waals surface area contributed by atoms with E-state index in [-0.39, 0.29) is 18.0 Å². The van der Waals surface area contributed by atoms with Crippen LogP contribution in [0, 0.1) is 0 Å². The van der Waals surface area contributed by atoms with Crippen molar-refractivity contribution < 1.29 is 4.79 Å². The van der Waals surface area contributed by atoms with E-state index in [2.05, 4.69) is 44.9 Å². The average Bonchev–Trinajstić information content (AvgIpc) is 3.16. The summed E-state index contributed by atoms with van der Waals surface area (Å²) in [5, 5.41) is 10.5. The predicted octanol–water partition coefficient (Wildman–Crippen LogP) is 3.49. The number of rotatable bonds is 8. The molecule has 2 N–H and O–H groups in total. The smallest absolute Gasteiger partial charge is 0.247 e. The molecular weight excluding hydrogens is 370 g/mol. The lowest BCUT2D eigenvalue weighted by Gasteiger charge is -2.26. The standard InChI is InChI=1S/C21H31N5OS/c1-16(2)26-20(8-10-22-26)24-21(27)17(3)23-19-6-4-18(5-7-19)9-11-25-12-14-28-15-13-25/h4-8,10,16-17,23H,9,11-15H2,1-3H3,(H,24,27). The zero-order chi connectivity index (χ0) is 19.9. The average molecular weight is 402 g/mol. The second-order valence-corrected chi connectivity index (χ2v) is 8.74. The molecule has 1 aromatic heterocycles. The van der Waals surface area contributed by atoms with Gasteiger partial charge in [-0.3, -0.25) is 4.79 Å². The van der Waals surface area contributed by atoms with E-state index >= 15 is 0 Å². The lowest BCUT2D eigenvalue weighted by Crippen LogP contribution is -2.34. The fourth-order valence-corrected chi connectivity index (χ4v) is 4.23. The van der Waals surface area contributed by atoms with Crippen LogP contribution < -0.4 is 10.6 Å². The van der Waals surface area contributed by atoms with Crippen LogP contribution in [0.2, 0.25) is 0 Å². The molecule has 28 heavy (non-hydrogen) atoms. The number of anilines is 2. The topological polar surface area (TPSA) is 62.2 Å². The van der Waals surface area contributed by atoms with Gasteiger partial charge in [-0.1, -0.05) is 12.1 Å². The van der Waals surface area contributed by atoms with Crippen molar-refractivity contribution in [2.75, 3.05) is 41.8 Å². The van der Waals surface area contributed by atoms with E-state index in [1.54, 1.807) is 10.9 Å². The Morgan fingerprint density at radius 3 is 2.54 bits per heavy atom. The van der Waals surface area contributed by atoms with Gasteiger partial charge in [-0.15, -0.1) is 0 Å². The predicted molar refractivity (Wildman–Crippen MR) is 118 cm³/mol. The van der Waals surface area contributed by atoms with Gasteiger partial charge >= 0.3 is 0 Å². The first-order valence-corrected chi connectivity index (χ1v) is 11.2. The molecule has 0 radical (unpaired) electrons. The largest absolute Gasteiger partial charge is 0.374 e. The summed E-state index contributed by atoms with van der Waals surface area (Å²) >= 11 is 2.05. The number of hydrogen-bond donors (Lipinski definition) is 2. The van der Waals surface area contributed by atoms with Gasteiger partial charge in [0.15, 0.2) is 0 Å². The molecule has 1 saturated heterocycles. The quantitative estimate of drug-likeness (QED) is 0.709. The molecule has 1 aliphatic rings. The number of amides is 1. The molecule has 0 aliphatic carbocycles. The van der Waals surface area contributed by atoms with Crippen molar-refractivity contribution >= 4 is 29.2 Å². The molecule has 1 amide bonds. The number of aromatic nitrogens is 2. The van der Waals surface area contributed by atoms with E-state index in [1.807, 2.05) is 38.6 Å². The van der Waals surface area contributed by atoms with Gasteiger partial charge in [-0.25, -0.2) is 4.68 Å². The lowest BCUT2D eigenvalue weighted by atomic mass is 10.1. The Morgan fingerprint density at radius 2 is 1.86 bits per heavy atom. The van der Waals surface area contributed by atoms with Crippen molar-refractivity contribution in [1.82, 2.24) is 14.7 Å². The van der Waals surface area contributed by atoms with E-state index in [9.17, 15) is 4.79 Å². The summed E-state index contributed by atoms with van der Waals surface area (Å²) in [7, 11) is 0. The highest BCUT2D eigenvalue weighted by Crippen LogP contribution is 2.16. The Labute approximate surface area is 172 Å². The number of carbonyl (C=O) groups excluding carboxylic acids is 1. The van der Waals surface area contributed by atoms with E-state index in [0.29, 0.717) is 0 Å². The zero-order valence-electron chi connectivity index (χ0n) is 17.0. The molecule has 2 aromatic rings. The first kappa shape index (κ1) is 20.7. The Kier molecular flexibility index (Phi) is 7.39. The van der Waals surface area contributed by atoms with Crippen LogP contribution in [0.3, 0.4) is 0 Å². The maximum atomic E-state index is 12.5. The van der Waals surface area contributed by atoms with Gasteiger partial charge < -0.3 is 15.5 Å². The number of hydrogen-bond acceptors (Lipinski definition) is 5. The highest BCUT2D eigenvalue weighted by molar-refractivity contribution is 7.99. The van der Waals surface area contributed by atoms with E-state index in [1.165, 1.54) is 30.2 Å². The Bertz CT molecular complexity index is 752. The third-order valence-corrected chi connectivity index (χ3v) is 5.90. The molecule has 1 aliphatic heterocycles. The van der Waals surface area contributed by atoms with Crippen LogP contribution in [0.5, 0.6) is 0 Å². The minimum absolute atomic E-state index is 0.0746. The Morgan fingerprint density at radius 1 is 1.14 bits per heavy atom. The SMILES string of the molecule is CC(Nc1ccc(CCN2CCSCC2)cc1)C(=O)Nc1ccnn1C(C)C. The molecule has 0 saturated carbocycles. The second-order valence-electron chi connectivity index (χ2n) is 7.51. The van der Waals surface area contributed by atoms with Gasteiger partial charge in [0.05, 0.1) is 6.20 Å². The van der Waals surface area contributed by atoms with Crippen molar-refractivity contribution in [2.45, 2.75) is 39.3 Å². The van der Waals surface area contributed by atoms with Gasteiger partial charge in [0.25, 0.3) is 0 Å². The highest BCUT2D eigenvalue weighted by atomic mass is 32.2. The third-order valence-electron chi connectivity index (χ3n) is 4.96. The molecule has 0 spiro atoms. The first-order valence-electron chi connectivity index (χ1n) is 10.0. The van der Waals surface area contributed by atoms with Crippen molar-refractivity contribution in [3.8, 4) is 0 Å². The molecule has 1 fully saturated rings. The van der Waals surface area contributed by atoms with E-state index in [4.69, 9.17) is 0 Å². The number of carbonyl (C=O) groups is 1. The van der Waals surface area contributed by atoms with E-state index < -0.39 is 0 Å². The molecule has 6 nitrogen and oxygen atoms in total. The molecule has 7 heteroatoms. The summed E-state index contributed by atoms with van der Waals surface area (Å²) in [4.78, 5) is 15.1. The fourth-order valence-electron chi connectivity index (χ4n) is 3.25. The second kappa shape index (κ2) is 9.98. The minimum Gasteiger partial charge on any atom is -0.374 e. The van der Waals surface area contributed by atoms with Gasteiger partial charge in [-0.2, -0.15) is 16.9 Å². The molecule has 1 aromatic carbocycles. The summed E-state index contributed by atoms with van der Waals surface area (Å²) in [6.45, 7) is 9.47. The van der Waals surface area contributed by atoms with Crippen molar-refractivity contribution in [3.05, 3.63) is 42.1 Å². The van der Waals surface area contributed by atoms with Gasteiger partial charge in [-0.05, 0) is 44.9 Å². The van der Waals surface area contributed by atoms with Crippen LogP contribution >= 0.6 is 11.8 Å². The first-order chi connectivity index (χ1) is 13.5. The van der Waals surface area contributed by atoms with Crippen molar-refractivity contribution in [1.29, 1.82) is 0 Å².